The summed E-state index contributed by atoms with van der Waals surface area (Å²) in [7, 11) is 0. The van der Waals surface area contributed by atoms with Gasteiger partial charge in [0.1, 0.15) is 24.7 Å². The van der Waals surface area contributed by atoms with Crippen LogP contribution in [-0.4, -0.2) is 37.7 Å². The van der Waals surface area contributed by atoms with Gasteiger partial charge in [-0.1, -0.05) is 30.3 Å². The van der Waals surface area contributed by atoms with Gasteiger partial charge in [0.25, 0.3) is 0 Å². The second kappa shape index (κ2) is 7.92. The van der Waals surface area contributed by atoms with E-state index in [0.29, 0.717) is 13.2 Å². The monoisotopic (exact) mass is 337 g/mol. The summed E-state index contributed by atoms with van der Waals surface area (Å²) in [4.78, 5) is 2.63. The van der Waals surface area contributed by atoms with Crippen molar-refractivity contribution in [3.8, 4) is 11.5 Å². The average Bonchev–Trinajstić information content (AvgIpc) is 2.68. The first-order valence-electron chi connectivity index (χ1n) is 9.49. The number of ether oxygens (including phenoxy) is 2. The molecule has 3 saturated heterocycles. The fraction of sp³-hybridized carbons (Fsp3) is 0.455. The van der Waals surface area contributed by atoms with Crippen molar-refractivity contribution < 1.29 is 9.47 Å². The maximum absolute atomic E-state index is 5.79. The van der Waals surface area contributed by atoms with Crippen LogP contribution in [0.5, 0.6) is 11.5 Å². The van der Waals surface area contributed by atoms with Crippen LogP contribution < -0.4 is 9.47 Å². The third-order valence-corrected chi connectivity index (χ3v) is 5.58. The molecular weight excluding hydrogens is 310 g/mol. The van der Waals surface area contributed by atoms with E-state index in [1.807, 2.05) is 30.3 Å². The predicted octanol–water partition coefficient (Wildman–Crippen LogP) is 4.03. The van der Waals surface area contributed by atoms with Gasteiger partial charge in [-0.25, -0.2) is 0 Å². The van der Waals surface area contributed by atoms with E-state index in [4.69, 9.17) is 9.47 Å². The maximum Gasteiger partial charge on any atom is 0.122 e. The molecule has 0 unspecified atom stereocenters. The highest BCUT2D eigenvalue weighted by molar-refractivity contribution is 5.28. The molecule has 0 N–H and O–H groups in total. The number of para-hydroxylation sites is 1. The molecule has 3 fully saturated rings. The van der Waals surface area contributed by atoms with Gasteiger partial charge in [0.2, 0.25) is 0 Å². The number of piperidine rings is 3. The van der Waals surface area contributed by atoms with Crippen molar-refractivity contribution >= 4 is 0 Å². The molecule has 2 aromatic carbocycles. The average molecular weight is 337 g/mol. The van der Waals surface area contributed by atoms with Crippen molar-refractivity contribution in [2.24, 2.45) is 11.8 Å². The molecule has 2 aromatic rings. The molecule has 0 aromatic heterocycles. The van der Waals surface area contributed by atoms with Crippen molar-refractivity contribution in [3.05, 3.63) is 60.2 Å². The van der Waals surface area contributed by atoms with Crippen LogP contribution >= 0.6 is 0 Å². The molecule has 25 heavy (non-hydrogen) atoms. The summed E-state index contributed by atoms with van der Waals surface area (Å²) in [6, 6.07) is 18.5. The summed E-state index contributed by atoms with van der Waals surface area (Å²) in [6.07, 6.45) is 4.00. The molecule has 0 amide bonds. The van der Waals surface area contributed by atoms with E-state index in [1.54, 1.807) is 0 Å². The van der Waals surface area contributed by atoms with Crippen LogP contribution in [0.4, 0.5) is 0 Å². The molecule has 5 rings (SSSR count). The molecule has 0 radical (unpaired) electrons. The molecule has 0 saturated carbocycles. The summed E-state index contributed by atoms with van der Waals surface area (Å²) in [5.74, 6) is 3.60. The number of rotatable bonds is 7. The Morgan fingerprint density at radius 3 is 2.04 bits per heavy atom. The van der Waals surface area contributed by atoms with Crippen molar-refractivity contribution in [1.82, 2.24) is 4.90 Å². The Kier molecular flexibility index (Phi) is 5.22. The third-order valence-electron chi connectivity index (χ3n) is 5.58. The molecule has 0 spiro atoms. The molecule has 132 valence electrons. The zero-order chi connectivity index (χ0) is 16.9. The van der Waals surface area contributed by atoms with Crippen molar-refractivity contribution in [2.45, 2.75) is 19.3 Å². The highest BCUT2D eigenvalue weighted by atomic mass is 16.5. The number of benzene rings is 2. The first-order chi connectivity index (χ1) is 12.4. The normalized spacial score (nSPS) is 24.9. The number of hydrogen-bond acceptors (Lipinski definition) is 3. The van der Waals surface area contributed by atoms with Crippen LogP contribution in [0.15, 0.2) is 54.6 Å². The van der Waals surface area contributed by atoms with Gasteiger partial charge in [-0.05, 0) is 74.0 Å². The van der Waals surface area contributed by atoms with Gasteiger partial charge in [-0.3, -0.25) is 0 Å². The molecule has 0 aliphatic carbocycles. The van der Waals surface area contributed by atoms with Crippen molar-refractivity contribution in [3.63, 3.8) is 0 Å². The van der Waals surface area contributed by atoms with Crippen LogP contribution in [0, 0.1) is 11.8 Å². The van der Waals surface area contributed by atoms with Gasteiger partial charge >= 0.3 is 0 Å². The Morgan fingerprint density at radius 1 is 0.800 bits per heavy atom. The van der Waals surface area contributed by atoms with E-state index in [0.717, 1.165) is 23.3 Å². The second-order valence-corrected chi connectivity index (χ2v) is 7.26. The summed E-state index contributed by atoms with van der Waals surface area (Å²) in [6.45, 7) is 5.05. The molecule has 2 bridgehead atoms. The largest absolute Gasteiger partial charge is 0.490 e. The zero-order valence-electron chi connectivity index (χ0n) is 14.8. The quantitative estimate of drug-likeness (QED) is 0.712. The van der Waals surface area contributed by atoms with E-state index in [9.17, 15) is 0 Å². The lowest BCUT2D eigenvalue weighted by Gasteiger charge is -2.45. The highest BCUT2D eigenvalue weighted by Gasteiger charge is 2.33. The SMILES string of the molecule is c1ccc(OCCOc2ccc(C[C@@H]3CN4CCC3CC4)cc2)cc1. The molecule has 3 aliphatic heterocycles. The van der Waals surface area contributed by atoms with Gasteiger partial charge < -0.3 is 14.4 Å². The topological polar surface area (TPSA) is 21.7 Å². The van der Waals surface area contributed by atoms with E-state index in [2.05, 4.69) is 29.2 Å². The minimum Gasteiger partial charge on any atom is -0.490 e. The third kappa shape index (κ3) is 4.35. The van der Waals surface area contributed by atoms with Crippen molar-refractivity contribution in [2.75, 3.05) is 32.8 Å². The van der Waals surface area contributed by atoms with Gasteiger partial charge in [0.15, 0.2) is 0 Å². The van der Waals surface area contributed by atoms with E-state index >= 15 is 0 Å². The lowest BCUT2D eigenvalue weighted by molar-refractivity contribution is 0.0512. The summed E-state index contributed by atoms with van der Waals surface area (Å²) < 4.78 is 11.4. The Morgan fingerprint density at radius 2 is 1.44 bits per heavy atom. The Labute approximate surface area is 150 Å². The van der Waals surface area contributed by atoms with Crippen LogP contribution in [0.3, 0.4) is 0 Å². The maximum atomic E-state index is 5.79. The Balaban J connectivity index is 1.22. The minimum absolute atomic E-state index is 0.561. The van der Waals surface area contributed by atoms with Crippen LogP contribution in [-0.2, 0) is 6.42 Å². The van der Waals surface area contributed by atoms with Gasteiger partial charge in [-0.2, -0.15) is 0 Å². The predicted molar refractivity (Wildman–Crippen MR) is 100 cm³/mol. The van der Waals surface area contributed by atoms with Crippen molar-refractivity contribution in [1.29, 1.82) is 0 Å². The van der Waals surface area contributed by atoms with E-state index in [1.165, 1.54) is 44.5 Å². The fourth-order valence-corrected chi connectivity index (χ4v) is 4.18. The first-order valence-corrected chi connectivity index (χ1v) is 9.49. The first kappa shape index (κ1) is 16.5. The smallest absolute Gasteiger partial charge is 0.122 e. The van der Waals surface area contributed by atoms with Gasteiger partial charge in [0, 0.05) is 6.54 Å². The lowest BCUT2D eigenvalue weighted by Crippen LogP contribution is -2.48. The molecule has 3 heterocycles. The van der Waals surface area contributed by atoms with Gasteiger partial charge in [-0.15, -0.1) is 0 Å². The van der Waals surface area contributed by atoms with E-state index < -0.39 is 0 Å². The minimum atomic E-state index is 0.561. The number of hydrogen-bond donors (Lipinski definition) is 0. The van der Waals surface area contributed by atoms with Crippen LogP contribution in [0.1, 0.15) is 18.4 Å². The Bertz CT molecular complexity index is 647. The summed E-state index contributed by atoms with van der Waals surface area (Å²) in [5, 5.41) is 0. The van der Waals surface area contributed by atoms with Crippen LogP contribution in [0.25, 0.3) is 0 Å². The molecule has 3 aliphatic rings. The molecular formula is C22H27NO2. The summed E-state index contributed by atoms with van der Waals surface area (Å²) in [5.41, 5.74) is 1.44. The number of fused-ring (bicyclic) bond motifs is 3. The summed E-state index contributed by atoms with van der Waals surface area (Å²) >= 11 is 0. The van der Waals surface area contributed by atoms with Gasteiger partial charge in [0.05, 0.1) is 0 Å². The highest BCUT2D eigenvalue weighted by Crippen LogP contribution is 2.34. The molecule has 3 heteroatoms. The standard InChI is InChI=1S/C22H27NO2/c1-2-4-21(5-3-1)24-14-15-25-22-8-6-18(7-9-22)16-20-17-23-12-10-19(20)11-13-23/h1-9,19-20H,10-17H2/t20-/m1/s1. The van der Waals surface area contributed by atoms with Crippen LogP contribution in [0.2, 0.25) is 0 Å². The molecule has 1 atom stereocenters. The lowest BCUT2D eigenvalue weighted by atomic mass is 9.76. The second-order valence-electron chi connectivity index (χ2n) is 7.26. The Hall–Kier alpha value is -2.00. The number of nitrogens with zero attached hydrogens (tertiary/aromatic N) is 1. The zero-order valence-corrected chi connectivity index (χ0v) is 14.8. The fourth-order valence-electron chi connectivity index (χ4n) is 4.18. The molecule has 3 nitrogen and oxygen atoms in total. The van der Waals surface area contributed by atoms with E-state index in [-0.39, 0.29) is 0 Å².